The van der Waals surface area contributed by atoms with Crippen molar-refractivity contribution in [1.82, 2.24) is 0 Å². The first-order valence-corrected chi connectivity index (χ1v) is 12.0. The number of anilines is 2. The van der Waals surface area contributed by atoms with Crippen LogP contribution in [-0.2, 0) is 14.8 Å². The van der Waals surface area contributed by atoms with Crippen LogP contribution < -0.4 is 19.1 Å². The minimum absolute atomic E-state index is 0.191. The van der Waals surface area contributed by atoms with E-state index < -0.39 is 27.4 Å². The molecule has 0 saturated carbocycles. The third-order valence-corrected chi connectivity index (χ3v) is 6.83. The molecule has 0 saturated heterocycles. The lowest BCUT2D eigenvalue weighted by molar-refractivity contribution is -0.385. The summed E-state index contributed by atoms with van der Waals surface area (Å²) in [4.78, 5) is 23.3. The molecule has 1 amide bonds. The number of nitro benzene ring substituents is 1. The van der Waals surface area contributed by atoms with Gasteiger partial charge in [-0.1, -0.05) is 6.07 Å². The van der Waals surface area contributed by atoms with Crippen LogP contribution in [0.5, 0.6) is 11.5 Å². The number of sulfonamides is 1. The Morgan fingerprint density at radius 3 is 2.23 bits per heavy atom. The SMILES string of the molecule is CCOc1ccc(NC(=O)CN(c2ccc(OC)cc2)S(=O)(=O)c2ccc(C)c([N+](=O)[O-])c2)cc1. The molecule has 0 aliphatic heterocycles. The van der Waals surface area contributed by atoms with Crippen molar-refractivity contribution in [2.75, 3.05) is 29.9 Å². The number of carbonyl (C=O) groups excluding carboxylic acids is 1. The van der Waals surface area contributed by atoms with Crippen molar-refractivity contribution >= 4 is 33.0 Å². The lowest BCUT2D eigenvalue weighted by Crippen LogP contribution is -2.38. The Bertz CT molecular complexity index is 1310. The van der Waals surface area contributed by atoms with E-state index in [0.29, 0.717) is 29.4 Å². The van der Waals surface area contributed by atoms with Gasteiger partial charge >= 0.3 is 0 Å². The van der Waals surface area contributed by atoms with Crippen LogP contribution in [0.15, 0.2) is 71.6 Å². The number of ether oxygens (including phenoxy) is 2. The highest BCUT2D eigenvalue weighted by atomic mass is 32.2. The second kappa shape index (κ2) is 10.9. The lowest BCUT2D eigenvalue weighted by Gasteiger charge is -2.24. The second-order valence-corrected chi connectivity index (χ2v) is 9.28. The Kier molecular flexibility index (Phi) is 7.92. The molecule has 0 bridgehead atoms. The largest absolute Gasteiger partial charge is 0.497 e. The number of methoxy groups -OCH3 is 1. The number of aryl methyl sites for hydroxylation is 1. The topological polar surface area (TPSA) is 128 Å². The first-order chi connectivity index (χ1) is 16.6. The third kappa shape index (κ3) is 6.07. The number of benzene rings is 3. The normalized spacial score (nSPS) is 10.9. The van der Waals surface area contributed by atoms with Gasteiger partial charge in [-0.3, -0.25) is 19.2 Å². The summed E-state index contributed by atoms with van der Waals surface area (Å²) in [7, 11) is -2.87. The summed E-state index contributed by atoms with van der Waals surface area (Å²) >= 11 is 0. The van der Waals surface area contributed by atoms with Crippen LogP contribution in [0.1, 0.15) is 12.5 Å². The number of rotatable bonds is 10. The summed E-state index contributed by atoms with van der Waals surface area (Å²) in [5.41, 5.74) is 0.630. The highest BCUT2D eigenvalue weighted by Crippen LogP contribution is 2.29. The molecule has 1 N–H and O–H groups in total. The van der Waals surface area contributed by atoms with Gasteiger partial charge in [0, 0.05) is 17.3 Å². The number of nitrogens with zero attached hydrogens (tertiary/aromatic N) is 2. The van der Waals surface area contributed by atoms with Gasteiger partial charge in [0.05, 0.1) is 29.2 Å². The molecule has 184 valence electrons. The Morgan fingerprint density at radius 2 is 1.66 bits per heavy atom. The van der Waals surface area contributed by atoms with Crippen molar-refractivity contribution in [3.8, 4) is 11.5 Å². The molecule has 0 aliphatic carbocycles. The quantitative estimate of drug-likeness (QED) is 0.328. The molecule has 0 radical (unpaired) electrons. The van der Waals surface area contributed by atoms with Gasteiger partial charge in [-0.15, -0.1) is 0 Å². The molecular formula is C24H25N3O7S. The molecule has 0 spiro atoms. The highest BCUT2D eigenvalue weighted by molar-refractivity contribution is 7.92. The maximum absolute atomic E-state index is 13.6. The van der Waals surface area contributed by atoms with Crippen molar-refractivity contribution < 1.29 is 27.6 Å². The molecule has 0 aliphatic rings. The van der Waals surface area contributed by atoms with E-state index in [1.54, 1.807) is 36.4 Å². The number of hydrogen-bond acceptors (Lipinski definition) is 7. The van der Waals surface area contributed by atoms with E-state index in [0.717, 1.165) is 10.4 Å². The Balaban J connectivity index is 1.95. The predicted octanol–water partition coefficient (Wildman–Crippen LogP) is 4.14. The molecule has 3 aromatic carbocycles. The molecule has 10 nitrogen and oxygen atoms in total. The van der Waals surface area contributed by atoms with Gasteiger partial charge in [-0.2, -0.15) is 0 Å². The average Bonchev–Trinajstić information content (AvgIpc) is 2.84. The Hall–Kier alpha value is -4.12. The van der Waals surface area contributed by atoms with E-state index in [4.69, 9.17) is 9.47 Å². The van der Waals surface area contributed by atoms with E-state index in [2.05, 4.69) is 5.32 Å². The van der Waals surface area contributed by atoms with Crippen molar-refractivity contribution in [3.63, 3.8) is 0 Å². The molecule has 0 heterocycles. The van der Waals surface area contributed by atoms with Crippen LogP contribution >= 0.6 is 0 Å². The lowest BCUT2D eigenvalue weighted by atomic mass is 10.2. The maximum atomic E-state index is 13.6. The molecule has 0 unspecified atom stereocenters. The standard InChI is InChI=1S/C24H25N3O7S/c1-4-34-21-10-6-18(7-11-21)25-24(28)16-26(19-8-12-20(33-3)13-9-19)35(31,32)22-14-5-17(2)23(15-22)27(29)30/h5-15H,4,16H2,1-3H3,(H,25,28). The van der Waals surface area contributed by atoms with Crippen LogP contribution in [0.2, 0.25) is 0 Å². The fraction of sp³-hybridized carbons (Fsp3) is 0.208. The van der Waals surface area contributed by atoms with Gasteiger partial charge in [0.25, 0.3) is 15.7 Å². The Morgan fingerprint density at radius 1 is 1.03 bits per heavy atom. The summed E-state index contributed by atoms with van der Waals surface area (Å²) in [6.07, 6.45) is 0. The first-order valence-electron chi connectivity index (χ1n) is 10.6. The molecule has 0 atom stereocenters. The fourth-order valence-corrected chi connectivity index (χ4v) is 4.71. The number of carbonyl (C=O) groups is 1. The number of amides is 1. The summed E-state index contributed by atoms with van der Waals surface area (Å²) in [5, 5.41) is 14.0. The van der Waals surface area contributed by atoms with Gasteiger partial charge in [0.1, 0.15) is 18.0 Å². The zero-order valence-corrected chi connectivity index (χ0v) is 20.2. The molecule has 11 heteroatoms. The van der Waals surface area contributed by atoms with E-state index in [1.807, 2.05) is 6.92 Å². The van der Waals surface area contributed by atoms with Gasteiger partial charge < -0.3 is 14.8 Å². The smallest absolute Gasteiger partial charge is 0.273 e. The molecule has 0 fully saturated rings. The average molecular weight is 500 g/mol. The molecule has 3 rings (SSSR count). The minimum atomic E-state index is -4.34. The maximum Gasteiger partial charge on any atom is 0.273 e. The minimum Gasteiger partial charge on any atom is -0.497 e. The van der Waals surface area contributed by atoms with E-state index in [9.17, 15) is 23.3 Å². The zero-order valence-electron chi connectivity index (χ0n) is 19.4. The number of nitrogens with one attached hydrogen (secondary N) is 1. The van der Waals surface area contributed by atoms with Crippen LogP contribution in [0.25, 0.3) is 0 Å². The highest BCUT2D eigenvalue weighted by Gasteiger charge is 2.29. The van der Waals surface area contributed by atoms with E-state index >= 15 is 0 Å². The Labute approximate surface area is 203 Å². The summed E-state index contributed by atoms with van der Waals surface area (Å²) < 4.78 is 38.5. The summed E-state index contributed by atoms with van der Waals surface area (Å²) in [6.45, 7) is 3.30. The van der Waals surface area contributed by atoms with Crippen molar-refractivity contribution in [2.24, 2.45) is 0 Å². The number of hydrogen-bond donors (Lipinski definition) is 1. The van der Waals surface area contributed by atoms with Crippen LogP contribution in [0.4, 0.5) is 17.1 Å². The van der Waals surface area contributed by atoms with E-state index in [1.165, 1.54) is 38.3 Å². The van der Waals surface area contributed by atoms with Gasteiger partial charge in [0.15, 0.2) is 0 Å². The molecule has 3 aromatic rings. The van der Waals surface area contributed by atoms with Crippen LogP contribution in [-0.4, -0.2) is 39.5 Å². The number of nitro groups is 1. The van der Waals surface area contributed by atoms with Crippen LogP contribution in [0.3, 0.4) is 0 Å². The summed E-state index contributed by atoms with van der Waals surface area (Å²) in [6, 6.07) is 16.4. The second-order valence-electron chi connectivity index (χ2n) is 7.42. The van der Waals surface area contributed by atoms with Crippen molar-refractivity contribution in [2.45, 2.75) is 18.7 Å². The van der Waals surface area contributed by atoms with Gasteiger partial charge in [-0.25, -0.2) is 8.42 Å². The molecule has 35 heavy (non-hydrogen) atoms. The molecule has 0 aromatic heterocycles. The summed E-state index contributed by atoms with van der Waals surface area (Å²) in [5.74, 6) is 0.528. The monoisotopic (exact) mass is 499 g/mol. The predicted molar refractivity (Wildman–Crippen MR) is 132 cm³/mol. The van der Waals surface area contributed by atoms with Crippen molar-refractivity contribution in [3.05, 3.63) is 82.4 Å². The molecular weight excluding hydrogens is 474 g/mol. The fourth-order valence-electron chi connectivity index (χ4n) is 3.27. The van der Waals surface area contributed by atoms with Crippen molar-refractivity contribution in [1.29, 1.82) is 0 Å². The van der Waals surface area contributed by atoms with Gasteiger partial charge in [0.2, 0.25) is 5.91 Å². The third-order valence-electron chi connectivity index (χ3n) is 5.06. The zero-order chi connectivity index (χ0) is 25.6. The van der Waals surface area contributed by atoms with Gasteiger partial charge in [-0.05, 0) is 68.4 Å². The van der Waals surface area contributed by atoms with E-state index in [-0.39, 0.29) is 16.3 Å². The first kappa shape index (κ1) is 25.5. The van der Waals surface area contributed by atoms with Crippen LogP contribution in [0, 0.1) is 17.0 Å².